The van der Waals surface area contributed by atoms with E-state index in [1.54, 1.807) is 0 Å². The molecule has 1 aromatic carbocycles. The Hall–Kier alpha value is -0.780. The minimum atomic E-state index is 0.300. The second kappa shape index (κ2) is 5.03. The maximum Gasteiger partial charge on any atom is 0.146 e. The van der Waals surface area contributed by atoms with Crippen LogP contribution in [0.3, 0.4) is 0 Å². The van der Waals surface area contributed by atoms with Crippen molar-refractivity contribution in [1.82, 2.24) is 9.97 Å². The molecule has 0 radical (unpaired) electrons. The van der Waals surface area contributed by atoms with Crippen molar-refractivity contribution in [2.75, 3.05) is 5.73 Å². The first-order valence-electron chi connectivity index (χ1n) is 4.36. The third-order valence-corrected chi connectivity index (χ3v) is 3.77. The zero-order valence-corrected chi connectivity index (χ0v) is 11.2. The number of aromatic nitrogens is 2. The summed E-state index contributed by atoms with van der Waals surface area (Å²) in [5.41, 5.74) is 5.60. The van der Waals surface area contributed by atoms with E-state index in [9.17, 15) is 0 Å². The second-order valence-corrected chi connectivity index (χ2v) is 5.29. The van der Waals surface area contributed by atoms with Crippen LogP contribution in [0.25, 0.3) is 0 Å². The molecule has 0 aliphatic rings. The van der Waals surface area contributed by atoms with Gasteiger partial charge in [0.05, 0.1) is 0 Å². The Bertz CT molecular complexity index is 521. The summed E-state index contributed by atoms with van der Waals surface area (Å²) in [7, 11) is 0. The Kier molecular flexibility index (Phi) is 3.68. The molecule has 1 heterocycles. The van der Waals surface area contributed by atoms with Gasteiger partial charge in [0.15, 0.2) is 0 Å². The maximum absolute atomic E-state index is 6.00. The van der Waals surface area contributed by atoms with Crippen LogP contribution < -0.4 is 5.73 Å². The molecule has 0 saturated heterocycles. The molecule has 0 aliphatic carbocycles. The predicted octanol–water partition coefficient (Wildman–Crippen LogP) is 3.63. The lowest BCUT2D eigenvalue weighted by Gasteiger charge is -2.04. The van der Waals surface area contributed by atoms with Crippen LogP contribution in [-0.4, -0.2) is 9.97 Å². The van der Waals surface area contributed by atoms with E-state index in [0.717, 1.165) is 9.37 Å². The second-order valence-electron chi connectivity index (χ2n) is 2.94. The van der Waals surface area contributed by atoms with Crippen LogP contribution >= 0.6 is 39.3 Å². The van der Waals surface area contributed by atoms with Crippen LogP contribution in [0.5, 0.6) is 0 Å². The molecule has 0 spiro atoms. The number of nitrogens with two attached hydrogens (primary N) is 1. The molecule has 0 atom stereocenters. The topological polar surface area (TPSA) is 51.8 Å². The number of hydrogen-bond acceptors (Lipinski definition) is 4. The number of rotatable bonds is 2. The number of nitrogens with zero attached hydrogens (tertiary/aromatic N) is 2. The largest absolute Gasteiger partial charge is 0.382 e. The van der Waals surface area contributed by atoms with E-state index in [4.69, 9.17) is 17.3 Å². The first kappa shape index (κ1) is 11.7. The monoisotopic (exact) mass is 315 g/mol. The van der Waals surface area contributed by atoms with Gasteiger partial charge in [0, 0.05) is 9.37 Å². The Labute approximate surface area is 111 Å². The molecule has 16 heavy (non-hydrogen) atoms. The van der Waals surface area contributed by atoms with Gasteiger partial charge in [0.2, 0.25) is 0 Å². The summed E-state index contributed by atoms with van der Waals surface area (Å²) in [4.78, 5) is 8.94. The molecular formula is C10H7BrClN3S. The lowest BCUT2D eigenvalue weighted by atomic mass is 10.4. The van der Waals surface area contributed by atoms with Crippen molar-refractivity contribution >= 4 is 45.1 Å². The van der Waals surface area contributed by atoms with E-state index >= 15 is 0 Å². The van der Waals surface area contributed by atoms with E-state index in [2.05, 4.69) is 25.9 Å². The van der Waals surface area contributed by atoms with E-state index < -0.39 is 0 Å². The van der Waals surface area contributed by atoms with Crippen LogP contribution in [0.1, 0.15) is 0 Å². The molecule has 0 aliphatic heterocycles. The van der Waals surface area contributed by atoms with Gasteiger partial charge in [-0.2, -0.15) is 0 Å². The number of nitrogen functional groups attached to an aromatic ring is 1. The number of halogens is 2. The Morgan fingerprint density at radius 3 is 2.88 bits per heavy atom. The van der Waals surface area contributed by atoms with Gasteiger partial charge in [-0.1, -0.05) is 45.4 Å². The van der Waals surface area contributed by atoms with Crippen molar-refractivity contribution in [3.05, 3.63) is 40.1 Å². The van der Waals surface area contributed by atoms with Crippen molar-refractivity contribution in [2.24, 2.45) is 0 Å². The van der Waals surface area contributed by atoms with Crippen LogP contribution in [0.2, 0.25) is 5.02 Å². The van der Waals surface area contributed by atoms with Gasteiger partial charge in [0.25, 0.3) is 0 Å². The van der Waals surface area contributed by atoms with Gasteiger partial charge in [0.1, 0.15) is 22.2 Å². The smallest absolute Gasteiger partial charge is 0.146 e. The highest BCUT2D eigenvalue weighted by Gasteiger charge is 2.08. The fraction of sp³-hybridized carbons (Fsp3) is 0. The molecule has 1 aromatic heterocycles. The van der Waals surface area contributed by atoms with Crippen molar-refractivity contribution in [1.29, 1.82) is 0 Å². The summed E-state index contributed by atoms with van der Waals surface area (Å²) in [6, 6.07) is 7.87. The van der Waals surface area contributed by atoms with Gasteiger partial charge >= 0.3 is 0 Å². The molecule has 0 bridgehead atoms. The molecule has 0 fully saturated rings. The fourth-order valence-electron chi connectivity index (χ4n) is 1.08. The van der Waals surface area contributed by atoms with Crippen molar-refractivity contribution in [3.8, 4) is 0 Å². The third-order valence-electron chi connectivity index (χ3n) is 1.80. The summed E-state index contributed by atoms with van der Waals surface area (Å²) < 4.78 is 1.01. The minimum absolute atomic E-state index is 0.300. The summed E-state index contributed by atoms with van der Waals surface area (Å²) in [6.45, 7) is 0. The average molecular weight is 317 g/mol. The number of anilines is 1. The summed E-state index contributed by atoms with van der Waals surface area (Å²) >= 11 is 10.9. The van der Waals surface area contributed by atoms with E-state index in [1.807, 2.05) is 24.3 Å². The summed E-state index contributed by atoms with van der Waals surface area (Å²) in [5.74, 6) is 0.300. The highest BCUT2D eigenvalue weighted by atomic mass is 79.9. The maximum atomic E-state index is 6.00. The molecule has 2 N–H and O–H groups in total. The number of hydrogen-bond donors (Lipinski definition) is 1. The molecule has 2 aromatic rings. The van der Waals surface area contributed by atoms with E-state index in [-0.39, 0.29) is 0 Å². The molecule has 82 valence electrons. The molecule has 3 nitrogen and oxygen atoms in total. The lowest BCUT2D eigenvalue weighted by molar-refractivity contribution is 1.05. The molecule has 2 rings (SSSR count). The van der Waals surface area contributed by atoms with Crippen molar-refractivity contribution in [3.63, 3.8) is 0 Å². The minimum Gasteiger partial charge on any atom is -0.382 e. The fourth-order valence-corrected chi connectivity index (χ4v) is 2.69. The quantitative estimate of drug-likeness (QED) is 0.860. The number of benzene rings is 1. The average Bonchev–Trinajstić information content (AvgIpc) is 2.25. The Balaban J connectivity index is 2.31. The van der Waals surface area contributed by atoms with Crippen molar-refractivity contribution < 1.29 is 0 Å². The van der Waals surface area contributed by atoms with E-state index in [1.165, 1.54) is 18.1 Å². The van der Waals surface area contributed by atoms with Gasteiger partial charge in [-0.15, -0.1) is 0 Å². The van der Waals surface area contributed by atoms with Gasteiger partial charge < -0.3 is 5.73 Å². The van der Waals surface area contributed by atoms with Crippen LogP contribution in [0.4, 0.5) is 5.82 Å². The third kappa shape index (κ3) is 2.66. The standard InChI is InChI=1S/C10H7BrClN3S/c11-6-2-1-3-7(4-6)16-10-8(12)9(13)14-5-15-10/h1-5H,(H2,13,14,15). The Morgan fingerprint density at radius 1 is 1.31 bits per heavy atom. The molecule has 0 unspecified atom stereocenters. The van der Waals surface area contributed by atoms with Gasteiger partial charge in [-0.05, 0) is 18.2 Å². The van der Waals surface area contributed by atoms with E-state index in [0.29, 0.717) is 15.9 Å². The van der Waals surface area contributed by atoms with Gasteiger partial charge in [-0.3, -0.25) is 0 Å². The Morgan fingerprint density at radius 2 is 2.12 bits per heavy atom. The van der Waals surface area contributed by atoms with Gasteiger partial charge in [-0.25, -0.2) is 9.97 Å². The SMILES string of the molecule is Nc1ncnc(Sc2cccc(Br)c2)c1Cl. The summed E-state index contributed by atoms with van der Waals surface area (Å²) in [6.07, 6.45) is 1.40. The molecular weight excluding hydrogens is 310 g/mol. The highest BCUT2D eigenvalue weighted by molar-refractivity contribution is 9.10. The molecule has 0 amide bonds. The first-order valence-corrected chi connectivity index (χ1v) is 6.35. The summed E-state index contributed by atoms with van der Waals surface area (Å²) in [5, 5.41) is 1.06. The normalized spacial score (nSPS) is 10.4. The zero-order chi connectivity index (χ0) is 11.5. The molecule has 0 saturated carbocycles. The van der Waals surface area contributed by atoms with Crippen LogP contribution in [0, 0.1) is 0 Å². The van der Waals surface area contributed by atoms with Crippen molar-refractivity contribution in [2.45, 2.75) is 9.92 Å². The zero-order valence-electron chi connectivity index (χ0n) is 8.02. The first-order chi connectivity index (χ1) is 7.66. The lowest BCUT2D eigenvalue weighted by Crippen LogP contribution is -1.94. The predicted molar refractivity (Wildman–Crippen MR) is 69.7 cm³/mol. The highest BCUT2D eigenvalue weighted by Crippen LogP contribution is 2.34. The molecule has 6 heteroatoms. The van der Waals surface area contributed by atoms with Crippen LogP contribution in [-0.2, 0) is 0 Å². The van der Waals surface area contributed by atoms with Crippen LogP contribution in [0.15, 0.2) is 45.0 Å².